The minimum Gasteiger partial charge on any atom is -0.369 e. The van der Waals surface area contributed by atoms with Crippen molar-refractivity contribution in [3.8, 4) is 0 Å². The number of rotatable bonds is 7. The number of carbonyl (C=O) groups is 2. The van der Waals surface area contributed by atoms with Crippen molar-refractivity contribution in [2.75, 3.05) is 80.1 Å². The zero-order chi connectivity index (χ0) is 35.3. The molecule has 4 aromatic rings. The van der Waals surface area contributed by atoms with Gasteiger partial charge in [0.15, 0.2) is 0 Å². The number of anilines is 3. The molecule has 8 rings (SSSR count). The molecule has 0 aliphatic carbocycles. The monoisotopic (exact) mass is 926 g/mol. The summed E-state index contributed by atoms with van der Waals surface area (Å²) in [5.74, 6) is 0.703. The van der Waals surface area contributed by atoms with Crippen LogP contribution in [0.5, 0.6) is 0 Å². The van der Waals surface area contributed by atoms with E-state index in [1.54, 1.807) is 0 Å². The fraction of sp³-hybridized carbons (Fsp3) is 0.381. The van der Waals surface area contributed by atoms with Crippen molar-refractivity contribution in [2.45, 2.75) is 25.7 Å². The van der Waals surface area contributed by atoms with Crippen molar-refractivity contribution in [3.63, 3.8) is 0 Å². The molecule has 4 aliphatic rings. The average Bonchev–Trinajstić information content (AvgIpc) is 3.77. The van der Waals surface area contributed by atoms with Crippen molar-refractivity contribution in [3.05, 3.63) is 125 Å². The van der Waals surface area contributed by atoms with Crippen LogP contribution in [-0.2, 0) is 87.8 Å². The summed E-state index contributed by atoms with van der Waals surface area (Å²) in [6.45, 7) is 9.93. The topological polar surface area (TPSA) is 80.0 Å². The molecule has 0 aromatic heterocycles. The minimum atomic E-state index is 0. The third-order valence-electron chi connectivity index (χ3n) is 10.0. The molecule has 0 bridgehead atoms. The molecule has 4 heterocycles. The summed E-state index contributed by atoms with van der Waals surface area (Å²) in [6, 6.07) is 38.3. The summed E-state index contributed by atoms with van der Waals surface area (Å²) >= 11 is 3.29. The van der Waals surface area contributed by atoms with Crippen LogP contribution in [0.1, 0.15) is 24.0 Å². The van der Waals surface area contributed by atoms with Crippen LogP contribution < -0.4 is 30.7 Å². The van der Waals surface area contributed by atoms with Crippen LogP contribution in [0.4, 0.5) is 17.1 Å². The van der Waals surface area contributed by atoms with Gasteiger partial charge in [-0.2, -0.15) is 48.5 Å². The molecule has 0 spiro atoms. The minimum absolute atomic E-state index is 0. The first-order valence-electron chi connectivity index (χ1n) is 18.3. The van der Waals surface area contributed by atoms with Gasteiger partial charge in [-0.1, -0.05) is 62.5 Å². The van der Waals surface area contributed by atoms with Crippen LogP contribution in [-0.4, -0.2) is 77.3 Å². The molecule has 4 aliphatic heterocycles. The second-order valence-corrected chi connectivity index (χ2v) is 14.3. The average molecular weight is 928 g/mol. The van der Waals surface area contributed by atoms with Gasteiger partial charge in [-0.25, -0.2) is 0 Å². The number of nitrogens with zero attached hydrogens (tertiary/aromatic N) is 3. The molecule has 4 saturated heterocycles. The van der Waals surface area contributed by atoms with Gasteiger partial charge in [0.25, 0.3) is 0 Å². The van der Waals surface area contributed by atoms with Crippen molar-refractivity contribution in [1.29, 1.82) is 0 Å². The molecule has 2 amide bonds. The third-order valence-corrected chi connectivity index (χ3v) is 10.5. The van der Waals surface area contributed by atoms with Gasteiger partial charge in [0.05, 0.1) is 0 Å². The Hall–Kier alpha value is -1.97. The third kappa shape index (κ3) is 12.8. The molecule has 4 aromatic carbocycles. The SMILES string of the molecule is Brc1cc[c-]cc1.O=C1C(Cc2ccccc2N2CCNCC2)CCN1c1cc[c-]cc1.O=C1NCCC1Cc1ccccc1N1CCNCC1.[Y].[Y]. The van der Waals surface area contributed by atoms with E-state index in [2.05, 4.69) is 102 Å². The Balaban J connectivity index is 0.000000198. The van der Waals surface area contributed by atoms with Crippen molar-refractivity contribution in [1.82, 2.24) is 16.0 Å². The standard InChI is InChI=1S/C21H24N3O.C15H21N3O.C6H4Br.2Y/c25-21-18(10-13-24(21)19-7-2-1-3-8-19)16-17-6-4-5-9-20(17)23-14-11-22-12-15-23;19-15-13(5-6-17-15)11-12-3-1-2-4-14(12)18-9-7-16-8-10-18;7-6-4-2-1-3-5-6;;/h2-9,18,22H,10-16H2;1-4,13,16H,5-11H2,(H,17,19);2-5H;;/q-1;;-1;;. The van der Waals surface area contributed by atoms with Crippen LogP contribution in [0.15, 0.2) is 102 Å². The van der Waals surface area contributed by atoms with E-state index in [1.807, 2.05) is 53.4 Å². The van der Waals surface area contributed by atoms with E-state index < -0.39 is 0 Å². The summed E-state index contributed by atoms with van der Waals surface area (Å²) in [5, 5.41) is 9.71. The maximum atomic E-state index is 12.9. The zero-order valence-electron chi connectivity index (χ0n) is 30.5. The van der Waals surface area contributed by atoms with Crippen molar-refractivity contribution in [2.24, 2.45) is 11.8 Å². The summed E-state index contributed by atoms with van der Waals surface area (Å²) < 4.78 is 1.10. The predicted octanol–water partition coefficient (Wildman–Crippen LogP) is 5.51. The van der Waals surface area contributed by atoms with Crippen LogP contribution in [0, 0.1) is 24.0 Å². The van der Waals surface area contributed by atoms with Gasteiger partial charge >= 0.3 is 0 Å². The van der Waals surface area contributed by atoms with E-state index in [0.717, 1.165) is 101 Å². The summed E-state index contributed by atoms with van der Waals surface area (Å²) in [6.07, 6.45) is 3.59. The van der Waals surface area contributed by atoms with E-state index in [9.17, 15) is 9.59 Å². The van der Waals surface area contributed by atoms with Gasteiger partial charge in [0, 0.05) is 154 Å². The quantitative estimate of drug-likeness (QED) is 0.213. The number of nitrogens with one attached hydrogen (secondary N) is 3. The first-order valence-corrected chi connectivity index (χ1v) is 19.1. The Kier molecular flexibility index (Phi) is 19.1. The zero-order valence-corrected chi connectivity index (χ0v) is 37.7. The van der Waals surface area contributed by atoms with Crippen LogP contribution in [0.3, 0.4) is 0 Å². The second-order valence-electron chi connectivity index (χ2n) is 13.4. The van der Waals surface area contributed by atoms with Crippen LogP contribution in [0.2, 0.25) is 0 Å². The van der Waals surface area contributed by atoms with Crippen molar-refractivity contribution < 1.29 is 75.0 Å². The Morgan fingerprint density at radius 2 is 1.09 bits per heavy atom. The second kappa shape index (κ2) is 23.2. The van der Waals surface area contributed by atoms with Crippen molar-refractivity contribution >= 4 is 44.8 Å². The van der Waals surface area contributed by atoms with Gasteiger partial charge in [0.2, 0.25) is 11.8 Å². The van der Waals surface area contributed by atoms with E-state index in [1.165, 1.54) is 22.5 Å². The van der Waals surface area contributed by atoms with E-state index in [0.29, 0.717) is 0 Å². The fourth-order valence-electron chi connectivity index (χ4n) is 7.28. The smallest absolute Gasteiger partial charge is 0.228 e. The molecule has 8 nitrogen and oxygen atoms in total. The molecule has 2 atom stereocenters. The van der Waals surface area contributed by atoms with E-state index in [-0.39, 0.29) is 89.1 Å². The predicted molar refractivity (Wildman–Crippen MR) is 210 cm³/mol. The number of carbonyl (C=O) groups excluding carboxylic acids is 2. The maximum absolute atomic E-state index is 12.9. The maximum Gasteiger partial charge on any atom is 0.228 e. The summed E-state index contributed by atoms with van der Waals surface area (Å²) in [7, 11) is 0. The molecule has 3 N–H and O–H groups in total. The van der Waals surface area contributed by atoms with Crippen LogP contribution in [0.25, 0.3) is 0 Å². The molecule has 53 heavy (non-hydrogen) atoms. The molecule has 0 saturated carbocycles. The number of piperazine rings is 2. The Labute approximate surface area is 374 Å². The summed E-state index contributed by atoms with van der Waals surface area (Å²) in [5.41, 5.74) is 6.20. The molecule has 274 valence electrons. The first kappa shape index (κ1) is 43.8. The molecular weight excluding hydrogens is 878 g/mol. The first-order chi connectivity index (χ1) is 25.1. The molecule has 2 unspecified atom stereocenters. The Morgan fingerprint density at radius 3 is 1.57 bits per heavy atom. The van der Waals surface area contributed by atoms with E-state index >= 15 is 0 Å². The number of hydrogen-bond acceptors (Lipinski definition) is 6. The molecule has 2 radical (unpaired) electrons. The molecular formula is C42H49BrN6O2Y2-2. The fourth-order valence-corrected chi connectivity index (χ4v) is 7.54. The molecule has 11 heteroatoms. The summed E-state index contributed by atoms with van der Waals surface area (Å²) in [4.78, 5) is 31.4. The molecule has 4 fully saturated rings. The number of para-hydroxylation sites is 2. The van der Waals surface area contributed by atoms with Gasteiger partial charge in [-0.05, 0) is 48.9 Å². The van der Waals surface area contributed by atoms with Gasteiger partial charge < -0.3 is 30.7 Å². The normalized spacial score (nSPS) is 19.5. The number of halogens is 1. The Bertz CT molecular complexity index is 1690. The number of benzene rings is 4. The van der Waals surface area contributed by atoms with Gasteiger partial charge in [-0.15, -0.1) is 12.1 Å². The van der Waals surface area contributed by atoms with Crippen LogP contribution >= 0.6 is 15.9 Å². The number of amides is 2. The van der Waals surface area contributed by atoms with E-state index in [4.69, 9.17) is 0 Å². The Morgan fingerprint density at radius 1 is 0.604 bits per heavy atom. The number of hydrogen-bond donors (Lipinski definition) is 3. The largest absolute Gasteiger partial charge is 0.369 e. The van der Waals surface area contributed by atoms with Gasteiger partial charge in [-0.3, -0.25) is 9.59 Å². The van der Waals surface area contributed by atoms with Gasteiger partial charge in [0.1, 0.15) is 0 Å².